The van der Waals surface area contributed by atoms with Crippen LogP contribution in [-0.4, -0.2) is 78.3 Å². The van der Waals surface area contributed by atoms with Crippen LogP contribution in [0.3, 0.4) is 0 Å². The van der Waals surface area contributed by atoms with E-state index in [0.29, 0.717) is 66.9 Å². The molecule has 0 radical (unpaired) electrons. The van der Waals surface area contributed by atoms with Gasteiger partial charge in [0, 0.05) is 49.0 Å². The Morgan fingerprint density at radius 3 is 1.52 bits per heavy atom. The van der Waals surface area contributed by atoms with Crippen LogP contribution < -0.4 is 26.4 Å². The van der Waals surface area contributed by atoms with Gasteiger partial charge < -0.3 is 35.9 Å². The lowest BCUT2D eigenvalue weighted by molar-refractivity contribution is -0.128. The Kier molecular flexibility index (Phi) is 29.9. The summed E-state index contributed by atoms with van der Waals surface area (Å²) >= 11 is 0. The van der Waals surface area contributed by atoms with Crippen molar-refractivity contribution in [3.8, 4) is 5.75 Å². The number of amides is 4. The fourth-order valence-corrected chi connectivity index (χ4v) is 6.08. The van der Waals surface area contributed by atoms with Crippen molar-refractivity contribution in [2.75, 3.05) is 31.9 Å². The third-order valence-electron chi connectivity index (χ3n) is 8.99. The number of aliphatic hydroxyl groups is 2. The minimum atomic E-state index is -0.783. The molecule has 4 amide bonds. The molecule has 0 aromatic heterocycles. The zero-order valence-electron chi connectivity index (χ0n) is 41.4. The van der Waals surface area contributed by atoms with Gasteiger partial charge in [-0.3, -0.25) is 24.5 Å². The first kappa shape index (κ1) is 61.6. The third-order valence-corrected chi connectivity index (χ3v) is 8.99. The predicted molar refractivity (Wildman–Crippen MR) is 249 cm³/mol. The molecule has 0 unspecified atom stereocenters. The summed E-state index contributed by atoms with van der Waals surface area (Å²) in [6.45, 7) is 34.8. The van der Waals surface area contributed by atoms with E-state index in [-0.39, 0.29) is 18.1 Å². The Morgan fingerprint density at radius 1 is 0.754 bits per heavy atom. The SMILES string of the molecule is CC(=O)CCC(C)C.CC(C)(Cc1cc(N2C(=O)C=CC2=O)ccc1OC(C)(C)CC(C)(C)C(N)=O)CC(C)(C)C(N)=O.CC(C)CCO.CC(C)COC(C)C.CNCO. The number of nitrogens with zero attached hydrogens (tertiary/aromatic N) is 1. The summed E-state index contributed by atoms with van der Waals surface area (Å²) in [6, 6.07) is 5.17. The number of aliphatic hydroxyl groups excluding tert-OH is 2. The molecule has 0 bridgehead atoms. The summed E-state index contributed by atoms with van der Waals surface area (Å²) in [5.41, 5.74) is 9.77. The number of nitrogens with two attached hydrogens (primary N) is 2. The molecule has 61 heavy (non-hydrogen) atoms. The zero-order valence-corrected chi connectivity index (χ0v) is 41.4. The molecule has 1 aromatic carbocycles. The number of hydrogen-bond acceptors (Lipinski definition) is 10. The molecule has 0 aliphatic carbocycles. The Hall–Kier alpha value is -3.65. The highest BCUT2D eigenvalue weighted by molar-refractivity contribution is 6.28. The molecular weight excluding hydrogens is 777 g/mol. The second-order valence-electron chi connectivity index (χ2n) is 20.0. The number of nitrogens with one attached hydrogen (secondary N) is 1. The first-order valence-electron chi connectivity index (χ1n) is 21.7. The number of rotatable bonds is 20. The molecule has 0 atom stereocenters. The Labute approximate surface area is 370 Å². The standard InChI is InChI=1S/C27H39N3O5.C7H16O.C7H14O.C5H12O.C2H7NO/c1-24(2,15-25(3,4)22(28)33)14-17-13-18(30-20(31)11-12-21(30)32)9-10-19(17)35-27(7,8)16-26(5,6)23(29)34;1-6(2)5-8-7(3)4;1-6(2)4-5-7(3)8;1-5(2)3-4-6;1-3-2-4/h9-13H,14-16H2,1-8H3,(H2,28,33)(H2,29,34);6-7H,5H2,1-4H3;6H,4-5H2,1-3H3;5-6H,3-4H2,1-2H3;3-4H,2H2,1H3. The lowest BCUT2D eigenvalue weighted by Gasteiger charge is -2.36. The normalized spacial score (nSPS) is 12.9. The van der Waals surface area contributed by atoms with Gasteiger partial charge >= 0.3 is 0 Å². The highest BCUT2D eigenvalue weighted by Crippen LogP contribution is 2.41. The van der Waals surface area contributed by atoms with Crippen LogP contribution in [0.25, 0.3) is 0 Å². The van der Waals surface area contributed by atoms with Crippen LogP contribution in [0.5, 0.6) is 5.75 Å². The van der Waals surface area contributed by atoms with Gasteiger partial charge in [-0.05, 0) is 114 Å². The molecule has 1 aliphatic rings. The molecule has 1 aromatic rings. The number of carbonyl (C=O) groups is 5. The van der Waals surface area contributed by atoms with Gasteiger partial charge in [-0.15, -0.1) is 0 Å². The highest BCUT2D eigenvalue weighted by Gasteiger charge is 2.37. The molecule has 354 valence electrons. The number of benzene rings is 1. The Balaban J connectivity index is -0.00000104. The Bertz CT molecular complexity index is 1470. The maximum Gasteiger partial charge on any atom is 0.258 e. The van der Waals surface area contributed by atoms with E-state index in [9.17, 15) is 24.0 Å². The zero-order chi connectivity index (χ0) is 48.5. The van der Waals surface area contributed by atoms with Crippen molar-refractivity contribution in [1.82, 2.24) is 5.32 Å². The summed E-state index contributed by atoms with van der Waals surface area (Å²) in [6.07, 6.45) is 6.96. The average molecular weight is 865 g/mol. The molecule has 0 spiro atoms. The van der Waals surface area contributed by atoms with Crippen molar-refractivity contribution in [2.45, 2.75) is 168 Å². The molecule has 2 rings (SSSR count). The molecule has 13 heteroatoms. The van der Waals surface area contributed by atoms with Crippen LogP contribution in [0, 0.1) is 34.0 Å². The molecule has 0 saturated carbocycles. The number of carbonyl (C=O) groups excluding carboxylic acids is 5. The van der Waals surface area contributed by atoms with Crippen molar-refractivity contribution in [2.24, 2.45) is 45.5 Å². The molecule has 7 N–H and O–H groups in total. The first-order valence-corrected chi connectivity index (χ1v) is 21.7. The lowest BCUT2D eigenvalue weighted by atomic mass is 9.71. The van der Waals surface area contributed by atoms with E-state index >= 15 is 0 Å². The highest BCUT2D eigenvalue weighted by atomic mass is 16.5. The van der Waals surface area contributed by atoms with Crippen molar-refractivity contribution < 1.29 is 43.7 Å². The van der Waals surface area contributed by atoms with Crippen LogP contribution in [-0.2, 0) is 35.1 Å². The second kappa shape index (κ2) is 29.6. The number of primary amides is 2. The van der Waals surface area contributed by atoms with E-state index in [1.807, 2.05) is 41.5 Å². The number of ether oxygens (including phenoxy) is 2. The van der Waals surface area contributed by atoms with Crippen molar-refractivity contribution >= 4 is 35.1 Å². The molecular formula is C48H88N4O9. The lowest BCUT2D eigenvalue weighted by Crippen LogP contribution is -2.41. The van der Waals surface area contributed by atoms with Crippen LogP contribution >= 0.6 is 0 Å². The molecule has 0 saturated heterocycles. The molecule has 1 aliphatic heterocycles. The van der Waals surface area contributed by atoms with E-state index in [1.54, 1.807) is 46.0 Å². The first-order chi connectivity index (χ1) is 27.7. The van der Waals surface area contributed by atoms with Gasteiger partial charge in [0.1, 0.15) is 17.1 Å². The summed E-state index contributed by atoms with van der Waals surface area (Å²) in [4.78, 5) is 59.9. The van der Waals surface area contributed by atoms with Gasteiger partial charge in [-0.25, -0.2) is 4.90 Å². The van der Waals surface area contributed by atoms with Gasteiger partial charge in [0.25, 0.3) is 11.8 Å². The van der Waals surface area contributed by atoms with Crippen LogP contribution in [0.15, 0.2) is 30.4 Å². The largest absolute Gasteiger partial charge is 0.488 e. The van der Waals surface area contributed by atoms with E-state index in [1.165, 1.54) is 12.2 Å². The van der Waals surface area contributed by atoms with E-state index < -0.39 is 34.2 Å². The fraction of sp³-hybridized carbons (Fsp3) is 0.729. The van der Waals surface area contributed by atoms with Crippen molar-refractivity contribution in [3.05, 3.63) is 35.9 Å². The number of imide groups is 1. The van der Waals surface area contributed by atoms with E-state index in [4.69, 9.17) is 31.2 Å². The van der Waals surface area contributed by atoms with E-state index in [2.05, 4.69) is 60.7 Å². The van der Waals surface area contributed by atoms with Crippen molar-refractivity contribution in [3.63, 3.8) is 0 Å². The number of Topliss-reactive ketones (excluding diaryl/α,β-unsaturated/α-hetero) is 1. The van der Waals surface area contributed by atoms with Crippen molar-refractivity contribution in [1.29, 1.82) is 0 Å². The van der Waals surface area contributed by atoms with Gasteiger partial charge in [-0.2, -0.15) is 0 Å². The summed E-state index contributed by atoms with van der Waals surface area (Å²) < 4.78 is 11.7. The van der Waals surface area contributed by atoms with Gasteiger partial charge in [0.2, 0.25) is 11.8 Å². The maximum atomic E-state index is 12.3. The molecule has 0 fully saturated rings. The Morgan fingerprint density at radius 2 is 1.21 bits per heavy atom. The van der Waals surface area contributed by atoms with Crippen LogP contribution in [0.2, 0.25) is 0 Å². The second-order valence-corrected chi connectivity index (χ2v) is 20.0. The fourth-order valence-electron chi connectivity index (χ4n) is 6.08. The summed E-state index contributed by atoms with van der Waals surface area (Å²) in [5.74, 6) is 1.23. The monoisotopic (exact) mass is 865 g/mol. The minimum Gasteiger partial charge on any atom is -0.488 e. The number of hydrogen-bond donors (Lipinski definition) is 5. The average Bonchev–Trinajstić information content (AvgIpc) is 3.43. The topological polar surface area (TPSA) is 212 Å². The minimum absolute atomic E-state index is 0.0694. The number of ketones is 1. The van der Waals surface area contributed by atoms with Gasteiger partial charge in [0.05, 0.1) is 18.5 Å². The number of anilines is 1. The summed E-state index contributed by atoms with van der Waals surface area (Å²) in [7, 11) is 1.68. The molecule has 1 heterocycles. The van der Waals surface area contributed by atoms with E-state index in [0.717, 1.165) is 36.3 Å². The van der Waals surface area contributed by atoms with Gasteiger partial charge in [0.15, 0.2) is 0 Å². The quantitative estimate of drug-likeness (QED) is 0.0632. The third kappa shape index (κ3) is 30.1. The van der Waals surface area contributed by atoms with Crippen LogP contribution in [0.4, 0.5) is 5.69 Å². The maximum absolute atomic E-state index is 12.3. The smallest absolute Gasteiger partial charge is 0.258 e. The predicted octanol–water partition coefficient (Wildman–Crippen LogP) is 7.90. The summed E-state index contributed by atoms with van der Waals surface area (Å²) in [5, 5.41) is 18.5. The van der Waals surface area contributed by atoms with Gasteiger partial charge in [-0.1, -0.05) is 83.1 Å². The van der Waals surface area contributed by atoms with Crippen LogP contribution in [0.1, 0.15) is 155 Å². The molecule has 13 nitrogen and oxygen atoms in total.